The number of nitrogens with zero attached hydrogens (tertiary/aromatic N) is 1. The third kappa shape index (κ3) is 3.75. The second kappa shape index (κ2) is 7.19. The molecule has 1 heterocycles. The lowest BCUT2D eigenvalue weighted by Gasteiger charge is -2.19. The molecule has 122 valence electrons. The number of urea groups is 1. The molecule has 5 heteroatoms. The predicted octanol–water partition coefficient (Wildman–Crippen LogP) is 4.78. The molecule has 0 aliphatic carbocycles. The number of rotatable bonds is 4. The Labute approximate surface area is 145 Å². The Bertz CT molecular complexity index is 831. The Morgan fingerprint density at radius 1 is 1.12 bits per heavy atom. The molecule has 3 aromatic rings. The van der Waals surface area contributed by atoms with E-state index in [4.69, 9.17) is 0 Å². The van der Waals surface area contributed by atoms with Crippen LogP contribution >= 0.6 is 11.3 Å². The van der Waals surface area contributed by atoms with Crippen LogP contribution in [0.25, 0.3) is 10.4 Å². The van der Waals surface area contributed by atoms with E-state index in [9.17, 15) is 9.90 Å². The van der Waals surface area contributed by atoms with E-state index in [0.29, 0.717) is 6.54 Å². The van der Waals surface area contributed by atoms with Crippen molar-refractivity contribution in [1.29, 1.82) is 0 Å². The SMILES string of the molecule is CN(Cc1cccc(O)c1)C(=O)Nc1ccccc1-c1cccs1. The maximum atomic E-state index is 12.5. The van der Waals surface area contributed by atoms with Crippen LogP contribution in [-0.4, -0.2) is 23.1 Å². The first kappa shape index (κ1) is 16.1. The third-order valence-electron chi connectivity index (χ3n) is 3.63. The Morgan fingerprint density at radius 2 is 1.96 bits per heavy atom. The summed E-state index contributed by atoms with van der Waals surface area (Å²) in [6, 6.07) is 18.5. The minimum Gasteiger partial charge on any atom is -0.508 e. The topological polar surface area (TPSA) is 52.6 Å². The number of para-hydroxylation sites is 1. The highest BCUT2D eigenvalue weighted by Gasteiger charge is 2.13. The number of anilines is 1. The highest BCUT2D eigenvalue weighted by Crippen LogP contribution is 2.31. The second-order valence-electron chi connectivity index (χ2n) is 5.48. The summed E-state index contributed by atoms with van der Waals surface area (Å²) in [7, 11) is 1.73. The van der Waals surface area contributed by atoms with E-state index in [1.165, 1.54) is 0 Å². The van der Waals surface area contributed by atoms with Crippen LogP contribution in [0.3, 0.4) is 0 Å². The van der Waals surface area contributed by atoms with Crippen LogP contribution in [0.1, 0.15) is 5.56 Å². The van der Waals surface area contributed by atoms with Crippen molar-refractivity contribution in [2.24, 2.45) is 0 Å². The number of phenolic OH excluding ortho intramolecular Hbond substituents is 1. The summed E-state index contributed by atoms with van der Waals surface area (Å²) >= 11 is 1.64. The average molecular weight is 338 g/mol. The molecule has 0 unspecified atom stereocenters. The van der Waals surface area contributed by atoms with Gasteiger partial charge < -0.3 is 15.3 Å². The highest BCUT2D eigenvalue weighted by atomic mass is 32.1. The van der Waals surface area contributed by atoms with Crippen LogP contribution in [0.4, 0.5) is 10.5 Å². The zero-order chi connectivity index (χ0) is 16.9. The molecule has 4 nitrogen and oxygen atoms in total. The predicted molar refractivity (Wildman–Crippen MR) is 98.3 cm³/mol. The van der Waals surface area contributed by atoms with Gasteiger partial charge in [-0.05, 0) is 35.2 Å². The second-order valence-corrected chi connectivity index (χ2v) is 6.43. The Morgan fingerprint density at radius 3 is 2.71 bits per heavy atom. The number of phenols is 1. The largest absolute Gasteiger partial charge is 0.508 e. The first-order chi connectivity index (χ1) is 11.6. The number of benzene rings is 2. The van der Waals surface area contributed by atoms with Gasteiger partial charge in [0.05, 0.1) is 5.69 Å². The summed E-state index contributed by atoms with van der Waals surface area (Å²) in [5.74, 6) is 0.198. The molecule has 0 aliphatic rings. The lowest BCUT2D eigenvalue weighted by molar-refractivity contribution is 0.220. The van der Waals surface area contributed by atoms with Crippen molar-refractivity contribution >= 4 is 23.1 Å². The van der Waals surface area contributed by atoms with Crippen molar-refractivity contribution in [3.05, 3.63) is 71.6 Å². The molecule has 2 amide bonds. The summed E-state index contributed by atoms with van der Waals surface area (Å²) in [6.07, 6.45) is 0. The summed E-state index contributed by atoms with van der Waals surface area (Å²) in [4.78, 5) is 15.2. The van der Waals surface area contributed by atoms with Crippen molar-refractivity contribution in [3.8, 4) is 16.2 Å². The van der Waals surface area contributed by atoms with Gasteiger partial charge in [-0.1, -0.05) is 36.4 Å². The van der Waals surface area contributed by atoms with Gasteiger partial charge in [0.1, 0.15) is 5.75 Å². The molecule has 0 saturated carbocycles. The van der Waals surface area contributed by atoms with Crippen molar-refractivity contribution in [2.45, 2.75) is 6.54 Å². The highest BCUT2D eigenvalue weighted by molar-refractivity contribution is 7.13. The van der Waals surface area contributed by atoms with Crippen molar-refractivity contribution in [2.75, 3.05) is 12.4 Å². The molecule has 0 aliphatic heterocycles. The summed E-state index contributed by atoms with van der Waals surface area (Å²) < 4.78 is 0. The fourth-order valence-corrected chi connectivity index (χ4v) is 3.22. The van der Waals surface area contributed by atoms with E-state index >= 15 is 0 Å². The van der Waals surface area contributed by atoms with E-state index in [1.807, 2.05) is 47.8 Å². The molecule has 0 fully saturated rings. The van der Waals surface area contributed by atoms with Crippen LogP contribution in [0.2, 0.25) is 0 Å². The number of carbonyl (C=O) groups is 1. The van der Waals surface area contributed by atoms with E-state index in [2.05, 4.69) is 5.32 Å². The van der Waals surface area contributed by atoms with Gasteiger partial charge in [-0.3, -0.25) is 0 Å². The first-order valence-electron chi connectivity index (χ1n) is 7.56. The van der Waals surface area contributed by atoms with Gasteiger partial charge in [0, 0.05) is 24.0 Å². The standard InChI is InChI=1S/C19H18N2O2S/c1-21(13-14-6-4-7-15(22)12-14)19(23)20-17-9-3-2-8-16(17)18-10-5-11-24-18/h2-12,22H,13H2,1H3,(H,20,23). The number of hydrogen-bond donors (Lipinski definition) is 2. The molecule has 0 spiro atoms. The molecule has 1 aromatic heterocycles. The number of thiophene rings is 1. The van der Waals surface area contributed by atoms with Gasteiger partial charge in [-0.25, -0.2) is 4.79 Å². The minimum absolute atomic E-state index is 0.192. The van der Waals surface area contributed by atoms with Crippen LogP contribution in [0.15, 0.2) is 66.0 Å². The maximum absolute atomic E-state index is 12.5. The molecule has 0 bridgehead atoms. The Hall–Kier alpha value is -2.79. The monoisotopic (exact) mass is 338 g/mol. The molecule has 24 heavy (non-hydrogen) atoms. The van der Waals surface area contributed by atoms with Crippen molar-refractivity contribution in [3.63, 3.8) is 0 Å². The van der Waals surface area contributed by atoms with E-state index in [1.54, 1.807) is 41.5 Å². The smallest absolute Gasteiger partial charge is 0.321 e. The lowest BCUT2D eigenvalue weighted by Crippen LogP contribution is -2.31. The van der Waals surface area contributed by atoms with Gasteiger partial charge >= 0.3 is 6.03 Å². The van der Waals surface area contributed by atoms with E-state index in [0.717, 1.165) is 21.7 Å². The molecular weight excluding hydrogens is 320 g/mol. The van der Waals surface area contributed by atoms with Crippen molar-refractivity contribution < 1.29 is 9.90 Å². The molecule has 0 atom stereocenters. The summed E-state index contributed by atoms with van der Waals surface area (Å²) in [6.45, 7) is 0.418. The zero-order valence-electron chi connectivity index (χ0n) is 13.3. The van der Waals surface area contributed by atoms with Crippen LogP contribution in [-0.2, 0) is 6.54 Å². The first-order valence-corrected chi connectivity index (χ1v) is 8.44. The molecule has 0 radical (unpaired) electrons. The van der Waals surface area contributed by atoms with Gasteiger partial charge in [0.25, 0.3) is 0 Å². The van der Waals surface area contributed by atoms with E-state index < -0.39 is 0 Å². The molecule has 0 saturated heterocycles. The van der Waals surface area contributed by atoms with Crippen LogP contribution < -0.4 is 5.32 Å². The Kier molecular flexibility index (Phi) is 4.82. The number of amides is 2. The zero-order valence-corrected chi connectivity index (χ0v) is 14.1. The quantitative estimate of drug-likeness (QED) is 0.719. The van der Waals surface area contributed by atoms with Crippen LogP contribution in [0, 0.1) is 0 Å². The van der Waals surface area contributed by atoms with Gasteiger partial charge in [-0.15, -0.1) is 11.3 Å². The number of aromatic hydroxyl groups is 1. The van der Waals surface area contributed by atoms with Gasteiger partial charge in [0.2, 0.25) is 0 Å². The maximum Gasteiger partial charge on any atom is 0.321 e. The Balaban J connectivity index is 1.73. The normalized spacial score (nSPS) is 10.4. The number of carbonyl (C=O) groups excluding carboxylic acids is 1. The van der Waals surface area contributed by atoms with Crippen LogP contribution in [0.5, 0.6) is 5.75 Å². The fraction of sp³-hybridized carbons (Fsp3) is 0.105. The van der Waals surface area contributed by atoms with Gasteiger partial charge in [-0.2, -0.15) is 0 Å². The number of hydrogen-bond acceptors (Lipinski definition) is 3. The molecular formula is C19H18N2O2S. The third-order valence-corrected chi connectivity index (χ3v) is 4.54. The van der Waals surface area contributed by atoms with Crippen molar-refractivity contribution in [1.82, 2.24) is 4.90 Å². The number of nitrogens with one attached hydrogen (secondary N) is 1. The summed E-state index contributed by atoms with van der Waals surface area (Å²) in [5, 5.41) is 14.5. The molecule has 2 aromatic carbocycles. The molecule has 2 N–H and O–H groups in total. The molecule has 3 rings (SSSR count). The minimum atomic E-state index is -0.192. The van der Waals surface area contributed by atoms with Gasteiger partial charge in [0.15, 0.2) is 0 Å². The summed E-state index contributed by atoms with van der Waals surface area (Å²) in [5.41, 5.74) is 2.67. The average Bonchev–Trinajstić information content (AvgIpc) is 3.09. The van der Waals surface area contributed by atoms with E-state index in [-0.39, 0.29) is 11.8 Å². The lowest BCUT2D eigenvalue weighted by atomic mass is 10.1. The fourth-order valence-electron chi connectivity index (χ4n) is 2.45.